The average molecular weight is 352 g/mol. The molecule has 0 unspecified atom stereocenters. The summed E-state index contributed by atoms with van der Waals surface area (Å²) >= 11 is 17.2. The zero-order valence-corrected chi connectivity index (χ0v) is 13.6. The number of nitrogens with one attached hydrogen (secondary N) is 1. The minimum Gasteiger partial charge on any atom is -0.485 e. The molecule has 4 nitrogen and oxygen atoms in total. The number of H-pyrrole nitrogens is 1. The van der Waals surface area contributed by atoms with E-state index < -0.39 is 0 Å². The quantitative estimate of drug-likeness (QED) is 0.685. The highest BCUT2D eigenvalue weighted by molar-refractivity contribution is 7.71. The molecule has 0 bridgehead atoms. The summed E-state index contributed by atoms with van der Waals surface area (Å²) in [7, 11) is 0. The van der Waals surface area contributed by atoms with E-state index >= 15 is 0 Å². The van der Waals surface area contributed by atoms with E-state index in [0.29, 0.717) is 26.4 Å². The van der Waals surface area contributed by atoms with E-state index in [1.165, 1.54) is 0 Å². The highest BCUT2D eigenvalue weighted by atomic mass is 35.5. The summed E-state index contributed by atoms with van der Waals surface area (Å²) in [6, 6.07) is 14.8. The van der Waals surface area contributed by atoms with Crippen molar-refractivity contribution in [2.75, 3.05) is 0 Å². The van der Waals surface area contributed by atoms with E-state index in [4.69, 9.17) is 40.2 Å². The first kappa shape index (κ1) is 15.1. The fourth-order valence-electron chi connectivity index (χ4n) is 2.03. The Hall–Kier alpha value is -1.82. The van der Waals surface area contributed by atoms with Crippen molar-refractivity contribution in [3.8, 4) is 11.4 Å². The molecule has 0 amide bonds. The van der Waals surface area contributed by atoms with Gasteiger partial charge >= 0.3 is 0 Å². The maximum absolute atomic E-state index is 5.96. The van der Waals surface area contributed by atoms with E-state index in [2.05, 4.69) is 10.2 Å². The summed E-state index contributed by atoms with van der Waals surface area (Å²) in [4.78, 5) is 0. The summed E-state index contributed by atoms with van der Waals surface area (Å²) in [5.41, 5.74) is 0.920. The molecule has 1 aromatic heterocycles. The summed E-state index contributed by atoms with van der Waals surface area (Å²) in [6.45, 7) is 0.235. The third kappa shape index (κ3) is 3.32. The Morgan fingerprint density at radius 1 is 1.09 bits per heavy atom. The smallest absolute Gasteiger partial charge is 0.199 e. The standard InChI is InChI=1S/C15H11Cl2N3OS/c16-10-6-11(17)8-13(7-10)21-9-14-18-19-15(22)20(14)12-4-2-1-3-5-12/h1-8H,9H2,(H,19,22). The number of benzene rings is 2. The van der Waals surface area contributed by atoms with Crippen molar-refractivity contribution >= 4 is 35.4 Å². The van der Waals surface area contributed by atoms with Gasteiger partial charge in [-0.25, -0.2) is 0 Å². The number of nitrogens with zero attached hydrogens (tertiary/aromatic N) is 2. The van der Waals surface area contributed by atoms with Gasteiger partial charge in [-0.3, -0.25) is 9.67 Å². The molecule has 1 N–H and O–H groups in total. The Balaban J connectivity index is 1.86. The van der Waals surface area contributed by atoms with Gasteiger partial charge in [-0.05, 0) is 42.5 Å². The number of aromatic nitrogens is 3. The second kappa shape index (κ2) is 6.52. The summed E-state index contributed by atoms with van der Waals surface area (Å²) in [5, 5.41) is 8.02. The molecule has 3 rings (SSSR count). The zero-order chi connectivity index (χ0) is 15.5. The first-order chi connectivity index (χ1) is 10.6. The van der Waals surface area contributed by atoms with Crippen LogP contribution in [0.1, 0.15) is 5.82 Å². The molecule has 0 saturated carbocycles. The van der Waals surface area contributed by atoms with Crippen LogP contribution in [0, 0.1) is 4.77 Å². The maximum Gasteiger partial charge on any atom is 0.199 e. The van der Waals surface area contributed by atoms with Gasteiger partial charge in [0.15, 0.2) is 10.6 Å². The predicted octanol–water partition coefficient (Wildman–Crippen LogP) is 4.82. The van der Waals surface area contributed by atoms with Crippen molar-refractivity contribution in [2.45, 2.75) is 6.61 Å². The first-order valence-electron chi connectivity index (χ1n) is 6.44. The summed E-state index contributed by atoms with van der Waals surface area (Å²) in [5.74, 6) is 1.23. The molecule has 1 heterocycles. The average Bonchev–Trinajstić information content (AvgIpc) is 2.86. The maximum atomic E-state index is 5.96. The van der Waals surface area contributed by atoms with Gasteiger partial charge in [0.2, 0.25) is 0 Å². The molecule has 0 aliphatic heterocycles. The number of para-hydroxylation sites is 1. The third-order valence-corrected chi connectivity index (χ3v) is 3.67. The minimum atomic E-state index is 0.235. The molecule has 0 spiro atoms. The molecular formula is C15H11Cl2N3OS. The molecule has 0 radical (unpaired) electrons. The summed E-state index contributed by atoms with van der Waals surface area (Å²) in [6.07, 6.45) is 0. The SMILES string of the molecule is S=c1[nH]nc(COc2cc(Cl)cc(Cl)c2)n1-c1ccccc1. The normalized spacial score (nSPS) is 10.6. The first-order valence-corrected chi connectivity index (χ1v) is 7.60. The van der Waals surface area contributed by atoms with Gasteiger partial charge in [-0.15, -0.1) is 0 Å². The van der Waals surface area contributed by atoms with E-state index in [0.717, 1.165) is 5.69 Å². The number of halogens is 2. The molecule has 3 aromatic rings. The van der Waals surface area contributed by atoms with Crippen molar-refractivity contribution in [1.82, 2.24) is 14.8 Å². The van der Waals surface area contributed by atoms with Crippen LogP contribution in [-0.4, -0.2) is 14.8 Å². The molecular weight excluding hydrogens is 341 g/mol. The van der Waals surface area contributed by atoms with Crippen LogP contribution >= 0.6 is 35.4 Å². The van der Waals surface area contributed by atoms with E-state index in [-0.39, 0.29) is 6.61 Å². The number of hydrogen-bond acceptors (Lipinski definition) is 3. The monoisotopic (exact) mass is 351 g/mol. The van der Waals surface area contributed by atoms with Crippen molar-refractivity contribution in [2.24, 2.45) is 0 Å². The molecule has 112 valence electrons. The van der Waals surface area contributed by atoms with Crippen LogP contribution < -0.4 is 4.74 Å². The second-order valence-electron chi connectivity index (χ2n) is 4.51. The zero-order valence-electron chi connectivity index (χ0n) is 11.3. The molecule has 0 aliphatic carbocycles. The molecule has 22 heavy (non-hydrogen) atoms. The van der Waals surface area contributed by atoms with Crippen molar-refractivity contribution in [3.05, 3.63) is 69.2 Å². The third-order valence-electron chi connectivity index (χ3n) is 2.96. The Kier molecular flexibility index (Phi) is 4.47. The van der Waals surface area contributed by atoms with E-state index in [9.17, 15) is 0 Å². The van der Waals surface area contributed by atoms with Crippen molar-refractivity contribution < 1.29 is 4.74 Å². The van der Waals surface area contributed by atoms with Gasteiger partial charge in [-0.2, -0.15) is 5.10 Å². The lowest BCUT2D eigenvalue weighted by molar-refractivity contribution is 0.293. The van der Waals surface area contributed by atoms with Gasteiger partial charge in [0.05, 0.1) is 0 Å². The Labute approximate surface area is 142 Å². The summed E-state index contributed by atoms with van der Waals surface area (Å²) < 4.78 is 8.04. The van der Waals surface area contributed by atoms with Gasteiger partial charge < -0.3 is 4.74 Å². The Bertz CT molecular complexity index is 825. The molecule has 0 atom stereocenters. The number of aromatic amines is 1. The van der Waals surface area contributed by atoms with E-state index in [1.807, 2.05) is 34.9 Å². The fourth-order valence-corrected chi connectivity index (χ4v) is 2.79. The van der Waals surface area contributed by atoms with E-state index in [1.54, 1.807) is 18.2 Å². The predicted molar refractivity (Wildman–Crippen MR) is 89.5 cm³/mol. The van der Waals surface area contributed by atoms with Crippen LogP contribution in [0.25, 0.3) is 5.69 Å². The van der Waals surface area contributed by atoms with Crippen LogP contribution in [0.4, 0.5) is 0 Å². The molecule has 7 heteroatoms. The topological polar surface area (TPSA) is 42.8 Å². The van der Waals surface area contributed by atoms with Gasteiger partial charge in [0, 0.05) is 15.7 Å². The molecule has 2 aromatic carbocycles. The van der Waals surface area contributed by atoms with Gasteiger partial charge in [0.1, 0.15) is 12.4 Å². The lowest BCUT2D eigenvalue weighted by atomic mass is 10.3. The van der Waals surface area contributed by atoms with Gasteiger partial charge in [-0.1, -0.05) is 41.4 Å². The molecule has 0 aliphatic rings. The van der Waals surface area contributed by atoms with Crippen LogP contribution in [0.3, 0.4) is 0 Å². The minimum absolute atomic E-state index is 0.235. The van der Waals surface area contributed by atoms with Gasteiger partial charge in [0.25, 0.3) is 0 Å². The Morgan fingerprint density at radius 2 is 1.77 bits per heavy atom. The number of hydrogen-bond donors (Lipinski definition) is 1. The molecule has 0 fully saturated rings. The van der Waals surface area contributed by atoms with Crippen LogP contribution in [0.5, 0.6) is 5.75 Å². The number of rotatable bonds is 4. The fraction of sp³-hybridized carbons (Fsp3) is 0.0667. The molecule has 0 saturated heterocycles. The highest BCUT2D eigenvalue weighted by Gasteiger charge is 2.09. The Morgan fingerprint density at radius 3 is 2.45 bits per heavy atom. The second-order valence-corrected chi connectivity index (χ2v) is 5.77. The lowest BCUT2D eigenvalue weighted by Gasteiger charge is -2.09. The number of ether oxygens (including phenoxy) is 1. The van der Waals surface area contributed by atoms with Crippen molar-refractivity contribution in [3.63, 3.8) is 0 Å². The lowest BCUT2D eigenvalue weighted by Crippen LogP contribution is -2.05. The van der Waals surface area contributed by atoms with Crippen LogP contribution in [0.15, 0.2) is 48.5 Å². The largest absolute Gasteiger partial charge is 0.485 e. The van der Waals surface area contributed by atoms with Crippen molar-refractivity contribution in [1.29, 1.82) is 0 Å². The highest BCUT2D eigenvalue weighted by Crippen LogP contribution is 2.25. The van der Waals surface area contributed by atoms with Crippen LogP contribution in [-0.2, 0) is 6.61 Å². The van der Waals surface area contributed by atoms with Crippen LogP contribution in [0.2, 0.25) is 10.0 Å².